The number of amides is 1. The van der Waals surface area contributed by atoms with E-state index < -0.39 is 0 Å². The largest absolute Gasteiger partial charge is 0.497 e. The first-order chi connectivity index (χ1) is 11.6. The molecular formula is C18H16ClNO3S. The van der Waals surface area contributed by atoms with Crippen molar-refractivity contribution in [3.05, 3.63) is 52.4 Å². The molecule has 1 heterocycles. The molecule has 1 aromatic heterocycles. The van der Waals surface area contributed by atoms with Gasteiger partial charge < -0.3 is 14.8 Å². The number of nitrogens with one attached hydrogen (secondary N) is 1. The summed E-state index contributed by atoms with van der Waals surface area (Å²) in [5.74, 6) is 1.27. The molecule has 0 unspecified atom stereocenters. The van der Waals surface area contributed by atoms with Crippen molar-refractivity contribution in [3.8, 4) is 11.5 Å². The minimum Gasteiger partial charge on any atom is -0.497 e. The summed E-state index contributed by atoms with van der Waals surface area (Å²) in [7, 11) is 1.61. The van der Waals surface area contributed by atoms with E-state index in [-0.39, 0.29) is 5.91 Å². The van der Waals surface area contributed by atoms with Crippen LogP contribution in [0, 0.1) is 0 Å². The molecule has 0 atom stereocenters. The van der Waals surface area contributed by atoms with Crippen LogP contribution in [0.3, 0.4) is 0 Å². The van der Waals surface area contributed by atoms with Crippen molar-refractivity contribution in [2.75, 3.05) is 19.0 Å². The molecule has 0 aliphatic heterocycles. The molecule has 24 heavy (non-hydrogen) atoms. The van der Waals surface area contributed by atoms with Gasteiger partial charge in [0.15, 0.2) is 0 Å². The standard InChI is InChI=1S/C18H16ClNO3S/c1-3-23-12-6-4-11(5-7-12)20-18(21)17-16(19)14-9-8-13(22-2)10-15(14)24-17/h4-10H,3H2,1-2H3,(H,20,21). The lowest BCUT2D eigenvalue weighted by molar-refractivity contribution is 0.103. The van der Waals surface area contributed by atoms with E-state index in [1.54, 1.807) is 19.2 Å². The average molecular weight is 362 g/mol. The summed E-state index contributed by atoms with van der Waals surface area (Å²) in [6, 6.07) is 12.8. The number of methoxy groups -OCH3 is 1. The second-order valence-corrected chi connectivity index (χ2v) is 6.45. The Kier molecular flexibility index (Phi) is 4.92. The van der Waals surface area contributed by atoms with Crippen LogP contribution in [-0.2, 0) is 0 Å². The maximum absolute atomic E-state index is 12.5. The van der Waals surface area contributed by atoms with E-state index in [4.69, 9.17) is 21.1 Å². The molecule has 0 aliphatic rings. The smallest absolute Gasteiger partial charge is 0.267 e. The Morgan fingerprint density at radius 3 is 2.54 bits per heavy atom. The number of anilines is 1. The summed E-state index contributed by atoms with van der Waals surface area (Å²) in [6.45, 7) is 2.53. The zero-order valence-electron chi connectivity index (χ0n) is 13.3. The highest BCUT2D eigenvalue weighted by Gasteiger charge is 2.17. The van der Waals surface area contributed by atoms with Gasteiger partial charge in [-0.2, -0.15) is 0 Å². The number of halogens is 1. The van der Waals surface area contributed by atoms with Crippen LogP contribution in [0.25, 0.3) is 10.1 Å². The summed E-state index contributed by atoms with van der Waals surface area (Å²) in [5.41, 5.74) is 0.689. The number of ether oxygens (including phenoxy) is 2. The van der Waals surface area contributed by atoms with Gasteiger partial charge in [0.25, 0.3) is 5.91 Å². The molecule has 0 spiro atoms. The Morgan fingerprint density at radius 1 is 1.17 bits per heavy atom. The van der Waals surface area contributed by atoms with Crippen molar-refractivity contribution in [1.82, 2.24) is 0 Å². The van der Waals surface area contributed by atoms with Crippen LogP contribution in [-0.4, -0.2) is 19.6 Å². The lowest BCUT2D eigenvalue weighted by Crippen LogP contribution is -2.10. The van der Waals surface area contributed by atoms with E-state index in [2.05, 4.69) is 5.32 Å². The topological polar surface area (TPSA) is 47.6 Å². The molecule has 3 rings (SSSR count). The number of carbonyl (C=O) groups is 1. The Bertz CT molecular complexity index is 874. The van der Waals surface area contributed by atoms with Crippen LogP contribution >= 0.6 is 22.9 Å². The van der Waals surface area contributed by atoms with E-state index in [9.17, 15) is 4.79 Å². The first-order valence-corrected chi connectivity index (χ1v) is 8.62. The van der Waals surface area contributed by atoms with Gasteiger partial charge in [-0.15, -0.1) is 11.3 Å². The van der Waals surface area contributed by atoms with Gasteiger partial charge in [0, 0.05) is 15.8 Å². The molecule has 0 saturated heterocycles. The average Bonchev–Trinajstić information content (AvgIpc) is 2.93. The van der Waals surface area contributed by atoms with Crippen LogP contribution in [0.2, 0.25) is 5.02 Å². The molecular weight excluding hydrogens is 346 g/mol. The minimum absolute atomic E-state index is 0.232. The monoisotopic (exact) mass is 361 g/mol. The summed E-state index contributed by atoms with van der Waals surface area (Å²) in [6.07, 6.45) is 0. The minimum atomic E-state index is -0.232. The summed E-state index contributed by atoms with van der Waals surface area (Å²) >= 11 is 7.71. The summed E-state index contributed by atoms with van der Waals surface area (Å²) in [5, 5.41) is 4.16. The van der Waals surface area contributed by atoms with Crippen LogP contribution < -0.4 is 14.8 Å². The fraction of sp³-hybridized carbons (Fsp3) is 0.167. The molecule has 6 heteroatoms. The molecule has 124 valence electrons. The fourth-order valence-corrected chi connectivity index (χ4v) is 3.75. The number of fused-ring (bicyclic) bond motifs is 1. The molecule has 3 aromatic rings. The van der Waals surface area contributed by atoms with Crippen molar-refractivity contribution >= 4 is 44.6 Å². The van der Waals surface area contributed by atoms with Gasteiger partial charge in [-0.1, -0.05) is 11.6 Å². The van der Waals surface area contributed by atoms with Crippen LogP contribution in [0.15, 0.2) is 42.5 Å². The number of hydrogen-bond donors (Lipinski definition) is 1. The first-order valence-electron chi connectivity index (χ1n) is 7.42. The van der Waals surface area contributed by atoms with Crippen LogP contribution in [0.5, 0.6) is 11.5 Å². The van der Waals surface area contributed by atoms with Gasteiger partial charge in [-0.25, -0.2) is 0 Å². The maximum atomic E-state index is 12.5. The van der Waals surface area contributed by atoms with Crippen LogP contribution in [0.4, 0.5) is 5.69 Å². The van der Waals surface area contributed by atoms with Gasteiger partial charge in [0.1, 0.15) is 16.4 Å². The second-order valence-electron chi connectivity index (χ2n) is 5.02. The van der Waals surface area contributed by atoms with Gasteiger partial charge in [0.2, 0.25) is 0 Å². The van der Waals surface area contributed by atoms with Crippen molar-refractivity contribution < 1.29 is 14.3 Å². The Balaban J connectivity index is 1.84. The quantitative estimate of drug-likeness (QED) is 0.678. The van der Waals surface area contributed by atoms with E-state index in [0.29, 0.717) is 22.2 Å². The zero-order valence-corrected chi connectivity index (χ0v) is 14.8. The van der Waals surface area contributed by atoms with E-state index in [1.807, 2.05) is 37.3 Å². The molecule has 2 aromatic carbocycles. The third kappa shape index (κ3) is 3.32. The van der Waals surface area contributed by atoms with Crippen LogP contribution in [0.1, 0.15) is 16.6 Å². The van der Waals surface area contributed by atoms with E-state index in [1.165, 1.54) is 11.3 Å². The molecule has 1 amide bonds. The number of thiophene rings is 1. The Labute approximate surface area is 149 Å². The third-order valence-electron chi connectivity index (χ3n) is 3.47. The molecule has 4 nitrogen and oxygen atoms in total. The van der Waals surface area contributed by atoms with Gasteiger partial charge >= 0.3 is 0 Å². The SMILES string of the molecule is CCOc1ccc(NC(=O)c2sc3cc(OC)ccc3c2Cl)cc1. The number of hydrogen-bond acceptors (Lipinski definition) is 4. The number of carbonyl (C=O) groups excluding carboxylic acids is 1. The van der Waals surface area contributed by atoms with Crippen molar-refractivity contribution in [1.29, 1.82) is 0 Å². The normalized spacial score (nSPS) is 10.6. The molecule has 0 radical (unpaired) electrons. The van der Waals surface area contributed by atoms with Crippen molar-refractivity contribution in [3.63, 3.8) is 0 Å². The molecule has 0 saturated carbocycles. The zero-order chi connectivity index (χ0) is 17.1. The van der Waals surface area contributed by atoms with Crippen molar-refractivity contribution in [2.24, 2.45) is 0 Å². The van der Waals surface area contributed by atoms with E-state index in [0.717, 1.165) is 21.6 Å². The van der Waals surface area contributed by atoms with Gasteiger partial charge in [0.05, 0.1) is 18.7 Å². The Morgan fingerprint density at radius 2 is 1.88 bits per heavy atom. The predicted octanol–water partition coefficient (Wildman–Crippen LogP) is 5.21. The highest BCUT2D eigenvalue weighted by Crippen LogP contribution is 2.37. The molecule has 0 aliphatic carbocycles. The highest BCUT2D eigenvalue weighted by atomic mass is 35.5. The number of benzene rings is 2. The van der Waals surface area contributed by atoms with Gasteiger partial charge in [-0.3, -0.25) is 4.79 Å². The molecule has 0 bridgehead atoms. The lowest BCUT2D eigenvalue weighted by Gasteiger charge is -2.06. The first kappa shape index (κ1) is 16.6. The highest BCUT2D eigenvalue weighted by molar-refractivity contribution is 7.21. The molecule has 1 N–H and O–H groups in total. The predicted molar refractivity (Wildman–Crippen MR) is 99.0 cm³/mol. The number of rotatable bonds is 5. The summed E-state index contributed by atoms with van der Waals surface area (Å²) in [4.78, 5) is 13.0. The Hall–Kier alpha value is -2.24. The second kappa shape index (κ2) is 7.11. The third-order valence-corrected chi connectivity index (χ3v) is 5.12. The fourth-order valence-electron chi connectivity index (χ4n) is 2.31. The van der Waals surface area contributed by atoms with Crippen molar-refractivity contribution in [2.45, 2.75) is 6.92 Å². The van der Waals surface area contributed by atoms with Gasteiger partial charge in [-0.05, 0) is 49.4 Å². The molecule has 0 fully saturated rings. The maximum Gasteiger partial charge on any atom is 0.267 e. The lowest BCUT2D eigenvalue weighted by atomic mass is 10.2. The van der Waals surface area contributed by atoms with E-state index >= 15 is 0 Å². The summed E-state index contributed by atoms with van der Waals surface area (Å²) < 4.78 is 11.5.